The lowest BCUT2D eigenvalue weighted by Gasteiger charge is -2.10. The van der Waals surface area contributed by atoms with E-state index in [9.17, 15) is 13.2 Å². The summed E-state index contributed by atoms with van der Waals surface area (Å²) in [6.45, 7) is 0. The average molecular weight is 227 g/mol. The Bertz CT molecular complexity index is 439. The minimum atomic E-state index is -3.44. The predicted octanol–water partition coefficient (Wildman–Crippen LogP) is 0.128. The molecule has 1 unspecified atom stereocenters. The van der Waals surface area contributed by atoms with Gasteiger partial charge in [-0.25, -0.2) is 8.42 Å². The quantitative estimate of drug-likeness (QED) is 0.794. The van der Waals surface area contributed by atoms with Crippen LogP contribution in [0.1, 0.15) is 5.56 Å². The second kappa shape index (κ2) is 4.44. The summed E-state index contributed by atoms with van der Waals surface area (Å²) in [6.07, 6.45) is 1.15. The van der Waals surface area contributed by atoms with Crippen LogP contribution in [0.3, 0.4) is 0 Å². The number of hydrogen-bond acceptors (Lipinski definition) is 3. The number of carbonyl (C=O) groups is 1. The van der Waals surface area contributed by atoms with Gasteiger partial charge in [0.15, 0.2) is 9.84 Å². The van der Waals surface area contributed by atoms with Crippen molar-refractivity contribution in [1.82, 2.24) is 0 Å². The van der Waals surface area contributed by atoms with E-state index in [2.05, 4.69) is 0 Å². The first-order chi connectivity index (χ1) is 6.91. The molecule has 0 radical (unpaired) electrons. The topological polar surface area (TPSA) is 77.2 Å². The molecule has 1 rings (SSSR count). The molecule has 2 N–H and O–H groups in total. The van der Waals surface area contributed by atoms with Crippen LogP contribution in [-0.4, -0.2) is 25.8 Å². The monoisotopic (exact) mass is 227 g/mol. The van der Waals surface area contributed by atoms with Crippen molar-refractivity contribution in [2.45, 2.75) is 11.7 Å². The lowest BCUT2D eigenvalue weighted by atomic mass is 10.1. The molecule has 0 spiro atoms. The maximum atomic E-state index is 11.3. The van der Waals surface area contributed by atoms with Gasteiger partial charge in [-0.2, -0.15) is 0 Å². The Labute approximate surface area is 89.0 Å². The van der Waals surface area contributed by atoms with Gasteiger partial charge < -0.3 is 5.73 Å². The highest BCUT2D eigenvalue weighted by Crippen LogP contribution is 2.08. The van der Waals surface area contributed by atoms with Gasteiger partial charge in [0.2, 0.25) is 5.91 Å². The second-order valence-electron chi connectivity index (χ2n) is 3.41. The highest BCUT2D eigenvalue weighted by Gasteiger charge is 2.26. The molecule has 1 amide bonds. The standard InChI is InChI=1S/C10H13NO3S/c1-15(13,14)9(10(11)12)7-8-5-3-2-4-6-8/h2-6,9H,7H2,1H3,(H2,11,12). The van der Waals surface area contributed by atoms with Crippen LogP contribution in [0.2, 0.25) is 0 Å². The SMILES string of the molecule is CS(=O)(=O)C(Cc1ccccc1)C(N)=O. The number of hydrogen-bond donors (Lipinski definition) is 1. The number of primary amides is 1. The smallest absolute Gasteiger partial charge is 0.236 e. The van der Waals surface area contributed by atoms with Gasteiger partial charge >= 0.3 is 0 Å². The fourth-order valence-electron chi connectivity index (χ4n) is 1.29. The molecule has 1 aromatic carbocycles. The number of benzene rings is 1. The summed E-state index contributed by atoms with van der Waals surface area (Å²) < 4.78 is 22.6. The molecule has 1 aromatic rings. The van der Waals surface area contributed by atoms with Gasteiger partial charge in [0.1, 0.15) is 5.25 Å². The fourth-order valence-corrected chi connectivity index (χ4v) is 2.21. The second-order valence-corrected chi connectivity index (χ2v) is 5.64. The molecule has 0 aliphatic rings. The van der Waals surface area contributed by atoms with Crippen molar-refractivity contribution in [2.75, 3.05) is 6.26 Å². The van der Waals surface area contributed by atoms with Gasteiger partial charge in [0, 0.05) is 6.26 Å². The van der Waals surface area contributed by atoms with E-state index in [0.717, 1.165) is 11.8 Å². The summed E-state index contributed by atoms with van der Waals surface area (Å²) in [5, 5.41) is -1.14. The Morgan fingerprint density at radius 3 is 2.27 bits per heavy atom. The third-order valence-electron chi connectivity index (χ3n) is 2.10. The van der Waals surface area contributed by atoms with Crippen molar-refractivity contribution in [1.29, 1.82) is 0 Å². The zero-order chi connectivity index (χ0) is 11.5. The van der Waals surface area contributed by atoms with E-state index in [-0.39, 0.29) is 6.42 Å². The Hall–Kier alpha value is -1.36. The van der Waals surface area contributed by atoms with Crippen LogP contribution < -0.4 is 5.73 Å². The van der Waals surface area contributed by atoms with E-state index in [1.54, 1.807) is 24.3 Å². The number of sulfone groups is 1. The van der Waals surface area contributed by atoms with Gasteiger partial charge in [0.25, 0.3) is 0 Å². The molecule has 15 heavy (non-hydrogen) atoms. The molecule has 0 saturated carbocycles. The highest BCUT2D eigenvalue weighted by molar-refractivity contribution is 7.92. The Morgan fingerprint density at radius 2 is 1.87 bits per heavy atom. The van der Waals surface area contributed by atoms with E-state index in [1.807, 2.05) is 6.07 Å². The summed E-state index contributed by atoms with van der Waals surface area (Å²) >= 11 is 0. The zero-order valence-electron chi connectivity index (χ0n) is 8.38. The summed E-state index contributed by atoms with van der Waals surface area (Å²) in [6, 6.07) is 8.93. The number of rotatable bonds is 4. The molecule has 82 valence electrons. The van der Waals surface area contributed by atoms with Crippen LogP contribution >= 0.6 is 0 Å². The number of nitrogens with two attached hydrogens (primary N) is 1. The summed E-state index contributed by atoms with van der Waals surface area (Å²) in [4.78, 5) is 11.0. The van der Waals surface area contributed by atoms with Crippen LogP contribution in [0.5, 0.6) is 0 Å². The van der Waals surface area contributed by atoms with Gasteiger partial charge in [-0.15, -0.1) is 0 Å². The molecule has 0 fully saturated rings. The van der Waals surface area contributed by atoms with Crippen LogP contribution in [0.15, 0.2) is 30.3 Å². The van der Waals surface area contributed by atoms with Crippen LogP contribution in [-0.2, 0) is 21.1 Å². The normalized spacial score (nSPS) is 13.4. The number of carbonyl (C=O) groups excluding carboxylic acids is 1. The zero-order valence-corrected chi connectivity index (χ0v) is 9.20. The van der Waals surface area contributed by atoms with E-state index in [1.165, 1.54) is 0 Å². The first-order valence-electron chi connectivity index (χ1n) is 4.43. The van der Waals surface area contributed by atoms with Gasteiger partial charge in [-0.3, -0.25) is 4.79 Å². The summed E-state index contributed by atoms with van der Waals surface area (Å²) in [7, 11) is -3.44. The first kappa shape index (κ1) is 11.7. The molecule has 5 heteroatoms. The molecule has 4 nitrogen and oxygen atoms in total. The van der Waals surface area contributed by atoms with Gasteiger partial charge in [0.05, 0.1) is 0 Å². The molecule has 1 atom stereocenters. The van der Waals surface area contributed by atoms with Crippen molar-refractivity contribution in [3.63, 3.8) is 0 Å². The third kappa shape index (κ3) is 3.36. The maximum absolute atomic E-state index is 11.3. The molecule has 0 aromatic heterocycles. The minimum absolute atomic E-state index is 0.134. The van der Waals surface area contributed by atoms with Crippen molar-refractivity contribution in [3.8, 4) is 0 Å². The van der Waals surface area contributed by atoms with E-state index in [4.69, 9.17) is 5.73 Å². The molecule has 0 aliphatic carbocycles. The lowest BCUT2D eigenvalue weighted by molar-refractivity contribution is -0.117. The van der Waals surface area contributed by atoms with Crippen LogP contribution in [0, 0.1) is 0 Å². The minimum Gasteiger partial charge on any atom is -0.369 e. The Kier molecular flexibility index (Phi) is 3.47. The molecule has 0 bridgehead atoms. The first-order valence-corrected chi connectivity index (χ1v) is 6.39. The fraction of sp³-hybridized carbons (Fsp3) is 0.300. The van der Waals surface area contributed by atoms with E-state index in [0.29, 0.717) is 0 Å². The Morgan fingerprint density at radius 1 is 1.33 bits per heavy atom. The van der Waals surface area contributed by atoms with E-state index >= 15 is 0 Å². The Balaban J connectivity index is 2.92. The van der Waals surface area contributed by atoms with Crippen molar-refractivity contribution >= 4 is 15.7 Å². The molecule has 0 saturated heterocycles. The van der Waals surface area contributed by atoms with Crippen molar-refractivity contribution in [2.24, 2.45) is 5.73 Å². The molecule has 0 aliphatic heterocycles. The third-order valence-corrected chi connectivity index (χ3v) is 3.53. The van der Waals surface area contributed by atoms with Gasteiger partial charge in [-0.1, -0.05) is 30.3 Å². The molecular weight excluding hydrogens is 214 g/mol. The molecule has 0 heterocycles. The summed E-state index contributed by atoms with van der Waals surface area (Å²) in [5.74, 6) is -0.804. The van der Waals surface area contributed by atoms with Crippen LogP contribution in [0.25, 0.3) is 0 Å². The summed E-state index contributed by atoms with van der Waals surface area (Å²) in [5.41, 5.74) is 5.84. The number of amides is 1. The lowest BCUT2D eigenvalue weighted by Crippen LogP contribution is -2.37. The van der Waals surface area contributed by atoms with Gasteiger partial charge in [-0.05, 0) is 12.0 Å². The van der Waals surface area contributed by atoms with Crippen molar-refractivity contribution < 1.29 is 13.2 Å². The molecular formula is C10H13NO3S. The van der Waals surface area contributed by atoms with E-state index < -0.39 is 21.0 Å². The van der Waals surface area contributed by atoms with Crippen LogP contribution in [0.4, 0.5) is 0 Å². The predicted molar refractivity (Wildman–Crippen MR) is 58.0 cm³/mol. The maximum Gasteiger partial charge on any atom is 0.236 e. The highest BCUT2D eigenvalue weighted by atomic mass is 32.2. The average Bonchev–Trinajstić information content (AvgIpc) is 2.13. The van der Waals surface area contributed by atoms with Crippen molar-refractivity contribution in [3.05, 3.63) is 35.9 Å². The largest absolute Gasteiger partial charge is 0.369 e.